The summed E-state index contributed by atoms with van der Waals surface area (Å²) < 4.78 is 10.9. The van der Waals surface area contributed by atoms with Crippen molar-refractivity contribution in [2.24, 2.45) is 0 Å². The number of hydrogen-bond acceptors (Lipinski definition) is 3. The highest BCUT2D eigenvalue weighted by atomic mass is 35.5. The van der Waals surface area contributed by atoms with E-state index in [9.17, 15) is 4.79 Å². The molecule has 6 heteroatoms. The topological polar surface area (TPSA) is 38.8 Å². The maximum Gasteiger partial charge on any atom is 0.265 e. The SMILES string of the molecule is COCC(C)N(C(=O)COc1ccc(Cl)cc1Cl)c1c(C)cccc1C. The molecule has 26 heavy (non-hydrogen) atoms. The molecule has 140 valence electrons. The number of nitrogens with zero attached hydrogens (tertiary/aromatic N) is 1. The van der Waals surface area contributed by atoms with Crippen LogP contribution in [0.2, 0.25) is 10.0 Å². The number of amides is 1. The van der Waals surface area contributed by atoms with Crippen molar-refractivity contribution in [3.63, 3.8) is 0 Å². The Morgan fingerprint density at radius 1 is 1.15 bits per heavy atom. The molecule has 0 aliphatic heterocycles. The largest absolute Gasteiger partial charge is 0.482 e. The van der Waals surface area contributed by atoms with Gasteiger partial charge in [-0.05, 0) is 50.1 Å². The highest BCUT2D eigenvalue weighted by Gasteiger charge is 2.25. The molecular formula is C20H23Cl2NO3. The second-order valence-electron chi connectivity index (χ2n) is 6.17. The molecule has 0 aromatic heterocycles. The number of carbonyl (C=O) groups is 1. The monoisotopic (exact) mass is 395 g/mol. The first-order valence-electron chi connectivity index (χ1n) is 8.30. The first-order chi connectivity index (χ1) is 12.3. The highest BCUT2D eigenvalue weighted by molar-refractivity contribution is 6.35. The standard InChI is InChI=1S/C20H23Cl2NO3/c1-13-6-5-7-14(2)20(13)23(15(3)11-25-4)19(24)12-26-18-9-8-16(21)10-17(18)22/h5-10,15H,11-12H2,1-4H3. The minimum atomic E-state index is -0.169. The summed E-state index contributed by atoms with van der Waals surface area (Å²) in [6, 6.07) is 10.7. The van der Waals surface area contributed by atoms with E-state index in [4.69, 9.17) is 32.7 Å². The van der Waals surface area contributed by atoms with Gasteiger partial charge < -0.3 is 14.4 Å². The van der Waals surface area contributed by atoms with Gasteiger partial charge in [0.1, 0.15) is 5.75 Å². The van der Waals surface area contributed by atoms with Crippen molar-refractivity contribution in [3.05, 3.63) is 57.6 Å². The maximum absolute atomic E-state index is 13.0. The molecule has 1 atom stereocenters. The number of aryl methyl sites for hydroxylation is 2. The van der Waals surface area contributed by atoms with Crippen LogP contribution in [-0.2, 0) is 9.53 Å². The average Bonchev–Trinajstić information content (AvgIpc) is 2.57. The van der Waals surface area contributed by atoms with Crippen LogP contribution in [0.3, 0.4) is 0 Å². The van der Waals surface area contributed by atoms with E-state index in [0.717, 1.165) is 16.8 Å². The number of para-hydroxylation sites is 1. The van der Waals surface area contributed by atoms with Gasteiger partial charge in [-0.2, -0.15) is 0 Å². The van der Waals surface area contributed by atoms with Crippen LogP contribution in [0.4, 0.5) is 5.69 Å². The highest BCUT2D eigenvalue weighted by Crippen LogP contribution is 2.29. The first kappa shape index (κ1) is 20.6. The van der Waals surface area contributed by atoms with E-state index in [0.29, 0.717) is 22.4 Å². The van der Waals surface area contributed by atoms with Crippen molar-refractivity contribution in [2.75, 3.05) is 25.2 Å². The number of benzene rings is 2. The van der Waals surface area contributed by atoms with Crippen molar-refractivity contribution >= 4 is 34.8 Å². The minimum Gasteiger partial charge on any atom is -0.482 e. The summed E-state index contributed by atoms with van der Waals surface area (Å²) in [6.45, 7) is 6.20. The Morgan fingerprint density at radius 3 is 2.38 bits per heavy atom. The minimum absolute atomic E-state index is 0.136. The van der Waals surface area contributed by atoms with E-state index in [2.05, 4.69) is 0 Å². The molecule has 4 nitrogen and oxygen atoms in total. The summed E-state index contributed by atoms with van der Waals surface area (Å²) in [6.07, 6.45) is 0. The lowest BCUT2D eigenvalue weighted by molar-refractivity contribution is -0.121. The van der Waals surface area contributed by atoms with E-state index < -0.39 is 0 Å². The molecule has 2 aromatic rings. The Morgan fingerprint density at radius 2 is 1.81 bits per heavy atom. The van der Waals surface area contributed by atoms with Gasteiger partial charge in [0.15, 0.2) is 6.61 Å². The van der Waals surface area contributed by atoms with Crippen LogP contribution in [0.15, 0.2) is 36.4 Å². The summed E-state index contributed by atoms with van der Waals surface area (Å²) >= 11 is 12.0. The Balaban J connectivity index is 2.26. The van der Waals surface area contributed by atoms with Gasteiger partial charge >= 0.3 is 0 Å². The predicted octanol–water partition coefficient (Wildman–Crippen LogP) is 5.06. The van der Waals surface area contributed by atoms with Gasteiger partial charge in [0, 0.05) is 17.8 Å². The van der Waals surface area contributed by atoms with Crippen LogP contribution in [-0.4, -0.2) is 32.3 Å². The number of carbonyl (C=O) groups excluding carboxylic acids is 1. The van der Waals surface area contributed by atoms with Crippen molar-refractivity contribution in [3.8, 4) is 5.75 Å². The normalized spacial score (nSPS) is 11.9. The van der Waals surface area contributed by atoms with Crippen LogP contribution in [0.25, 0.3) is 0 Å². The van der Waals surface area contributed by atoms with Gasteiger partial charge in [0.2, 0.25) is 0 Å². The van der Waals surface area contributed by atoms with Crippen molar-refractivity contribution in [2.45, 2.75) is 26.8 Å². The van der Waals surface area contributed by atoms with E-state index >= 15 is 0 Å². The molecule has 0 saturated carbocycles. The van der Waals surface area contributed by atoms with Crippen LogP contribution < -0.4 is 9.64 Å². The summed E-state index contributed by atoms with van der Waals surface area (Å²) in [5.74, 6) is 0.253. The smallest absolute Gasteiger partial charge is 0.265 e. The van der Waals surface area contributed by atoms with E-state index in [1.807, 2.05) is 39.0 Å². The molecule has 0 spiro atoms. The fraction of sp³-hybridized carbons (Fsp3) is 0.350. The lowest BCUT2D eigenvalue weighted by Crippen LogP contribution is -2.44. The average molecular weight is 396 g/mol. The lowest BCUT2D eigenvalue weighted by atomic mass is 10.1. The zero-order chi connectivity index (χ0) is 19.3. The maximum atomic E-state index is 13.0. The van der Waals surface area contributed by atoms with Gasteiger partial charge in [-0.3, -0.25) is 4.79 Å². The number of anilines is 1. The fourth-order valence-electron chi connectivity index (χ4n) is 2.89. The second-order valence-corrected chi connectivity index (χ2v) is 7.02. The molecule has 0 bridgehead atoms. The molecule has 0 fully saturated rings. The molecule has 0 heterocycles. The molecule has 2 rings (SSSR count). The third-order valence-electron chi connectivity index (χ3n) is 4.04. The number of ether oxygens (including phenoxy) is 2. The number of methoxy groups -OCH3 is 1. The van der Waals surface area contributed by atoms with Gasteiger partial charge in [-0.1, -0.05) is 41.4 Å². The van der Waals surface area contributed by atoms with E-state index in [1.165, 1.54) is 0 Å². The van der Waals surface area contributed by atoms with Gasteiger partial charge in [-0.15, -0.1) is 0 Å². The Bertz CT molecular complexity index is 759. The lowest BCUT2D eigenvalue weighted by Gasteiger charge is -2.31. The van der Waals surface area contributed by atoms with Crippen LogP contribution in [0, 0.1) is 13.8 Å². The Hall–Kier alpha value is -1.75. The summed E-state index contributed by atoms with van der Waals surface area (Å²) in [4.78, 5) is 14.7. The Labute approximate surface area is 164 Å². The summed E-state index contributed by atoms with van der Waals surface area (Å²) in [5.41, 5.74) is 2.92. The third kappa shape index (κ3) is 4.91. The van der Waals surface area contributed by atoms with Crippen LogP contribution >= 0.6 is 23.2 Å². The van der Waals surface area contributed by atoms with E-state index in [-0.39, 0.29) is 18.6 Å². The van der Waals surface area contributed by atoms with Crippen LogP contribution in [0.1, 0.15) is 18.1 Å². The fourth-order valence-corrected chi connectivity index (χ4v) is 3.36. The van der Waals surface area contributed by atoms with Crippen molar-refractivity contribution < 1.29 is 14.3 Å². The van der Waals surface area contributed by atoms with Crippen molar-refractivity contribution in [1.82, 2.24) is 0 Å². The molecule has 1 unspecified atom stereocenters. The number of halogens is 2. The molecule has 0 aliphatic rings. The molecule has 0 aliphatic carbocycles. The van der Waals surface area contributed by atoms with E-state index in [1.54, 1.807) is 30.2 Å². The zero-order valence-corrected chi connectivity index (χ0v) is 16.9. The molecule has 0 N–H and O–H groups in total. The predicted molar refractivity (Wildman–Crippen MR) is 107 cm³/mol. The third-order valence-corrected chi connectivity index (χ3v) is 4.57. The zero-order valence-electron chi connectivity index (χ0n) is 15.4. The molecule has 1 amide bonds. The van der Waals surface area contributed by atoms with Crippen molar-refractivity contribution in [1.29, 1.82) is 0 Å². The van der Waals surface area contributed by atoms with Gasteiger partial charge in [-0.25, -0.2) is 0 Å². The summed E-state index contributed by atoms with van der Waals surface area (Å²) in [7, 11) is 1.62. The molecule has 2 aromatic carbocycles. The summed E-state index contributed by atoms with van der Waals surface area (Å²) in [5, 5.41) is 0.883. The number of hydrogen-bond donors (Lipinski definition) is 0. The molecular weight excluding hydrogens is 373 g/mol. The quantitative estimate of drug-likeness (QED) is 0.657. The molecule has 0 saturated heterocycles. The number of rotatable bonds is 7. The van der Waals surface area contributed by atoms with Gasteiger partial charge in [0.05, 0.1) is 17.7 Å². The first-order valence-corrected chi connectivity index (χ1v) is 9.05. The van der Waals surface area contributed by atoms with Gasteiger partial charge in [0.25, 0.3) is 5.91 Å². The second kappa shape index (κ2) is 9.26. The molecule has 0 radical (unpaired) electrons. The Kier molecular flexibility index (Phi) is 7.33. The van der Waals surface area contributed by atoms with Crippen LogP contribution in [0.5, 0.6) is 5.75 Å².